The first-order valence-electron chi connectivity index (χ1n) is 5.25. The molecule has 0 saturated carbocycles. The molecule has 1 aromatic rings. The summed E-state index contributed by atoms with van der Waals surface area (Å²) in [4.78, 5) is 0.175. The first kappa shape index (κ1) is 11.6. The Morgan fingerprint density at radius 2 is 2.44 bits per heavy atom. The van der Waals surface area contributed by atoms with Crippen LogP contribution in [0.3, 0.4) is 0 Å². The van der Waals surface area contributed by atoms with E-state index < -0.39 is 10.0 Å². The average Bonchev–Trinajstić information content (AvgIpc) is 2.86. The normalized spacial score (nSPS) is 26.1. The lowest BCUT2D eigenvalue weighted by Gasteiger charge is -2.24. The Morgan fingerprint density at radius 1 is 1.62 bits per heavy atom. The molecule has 0 aliphatic carbocycles. The lowest BCUT2D eigenvalue weighted by molar-refractivity contribution is 0.409. The van der Waals surface area contributed by atoms with Gasteiger partial charge in [-0.15, -0.1) is 0 Å². The smallest absolute Gasteiger partial charge is 0.243 e. The molecule has 16 heavy (non-hydrogen) atoms. The highest BCUT2D eigenvalue weighted by molar-refractivity contribution is 7.89. The standard InChI is InChI=1S/C9H16N4O2S/c1-9(3-2-4-10-9)7-13-16(14,15)8-5-11-12-6-8/h5-6,10,13H,2-4,7H2,1H3,(H,11,12). The first-order valence-corrected chi connectivity index (χ1v) is 6.74. The summed E-state index contributed by atoms with van der Waals surface area (Å²) < 4.78 is 26.2. The number of aromatic amines is 1. The molecule has 6 nitrogen and oxygen atoms in total. The quantitative estimate of drug-likeness (QED) is 0.686. The van der Waals surface area contributed by atoms with Gasteiger partial charge in [0, 0.05) is 18.3 Å². The molecule has 2 heterocycles. The minimum absolute atomic E-state index is 0.128. The van der Waals surface area contributed by atoms with Crippen molar-refractivity contribution in [2.45, 2.75) is 30.2 Å². The number of hydrogen-bond donors (Lipinski definition) is 3. The molecule has 0 aromatic carbocycles. The fourth-order valence-electron chi connectivity index (χ4n) is 1.83. The zero-order valence-electron chi connectivity index (χ0n) is 9.16. The number of H-pyrrole nitrogens is 1. The zero-order valence-corrected chi connectivity index (χ0v) is 9.97. The van der Waals surface area contributed by atoms with Crippen molar-refractivity contribution >= 4 is 10.0 Å². The zero-order chi connectivity index (χ0) is 11.6. The van der Waals surface area contributed by atoms with E-state index >= 15 is 0 Å². The van der Waals surface area contributed by atoms with Crippen molar-refractivity contribution in [2.75, 3.05) is 13.1 Å². The van der Waals surface area contributed by atoms with Gasteiger partial charge in [0.25, 0.3) is 0 Å². The molecule has 1 fully saturated rings. The minimum Gasteiger partial charge on any atom is -0.310 e. The molecule has 0 amide bonds. The largest absolute Gasteiger partial charge is 0.310 e. The fourth-order valence-corrected chi connectivity index (χ4v) is 2.91. The molecule has 1 atom stereocenters. The Hall–Kier alpha value is -0.920. The summed E-state index contributed by atoms with van der Waals surface area (Å²) in [5, 5.41) is 9.41. The van der Waals surface area contributed by atoms with Crippen molar-refractivity contribution in [3.8, 4) is 0 Å². The predicted molar refractivity (Wildman–Crippen MR) is 59.4 cm³/mol. The number of rotatable bonds is 4. The number of aromatic nitrogens is 2. The molecule has 0 bridgehead atoms. The lowest BCUT2D eigenvalue weighted by atomic mass is 10.0. The molecule has 1 aliphatic heterocycles. The van der Waals surface area contributed by atoms with Gasteiger partial charge in [-0.3, -0.25) is 5.10 Å². The van der Waals surface area contributed by atoms with Crippen LogP contribution in [-0.4, -0.2) is 37.2 Å². The van der Waals surface area contributed by atoms with Gasteiger partial charge < -0.3 is 5.32 Å². The first-order chi connectivity index (χ1) is 7.52. The molecule has 1 aliphatic rings. The average molecular weight is 244 g/mol. The van der Waals surface area contributed by atoms with Crippen LogP contribution in [0.4, 0.5) is 0 Å². The summed E-state index contributed by atoms with van der Waals surface area (Å²) >= 11 is 0. The third kappa shape index (κ3) is 2.42. The van der Waals surface area contributed by atoms with E-state index in [0.717, 1.165) is 19.4 Å². The topological polar surface area (TPSA) is 86.9 Å². The maximum atomic E-state index is 11.8. The summed E-state index contributed by atoms with van der Waals surface area (Å²) in [5.74, 6) is 0. The van der Waals surface area contributed by atoms with Crippen LogP contribution in [0.5, 0.6) is 0 Å². The summed E-state index contributed by atoms with van der Waals surface area (Å²) in [6.07, 6.45) is 4.74. The second kappa shape index (κ2) is 4.15. The van der Waals surface area contributed by atoms with Crippen molar-refractivity contribution in [3.63, 3.8) is 0 Å². The number of nitrogens with one attached hydrogen (secondary N) is 3. The molecule has 90 valence electrons. The van der Waals surface area contributed by atoms with Crippen LogP contribution in [0.2, 0.25) is 0 Å². The summed E-state index contributed by atoms with van der Waals surface area (Å²) in [5.41, 5.74) is -0.128. The van der Waals surface area contributed by atoms with E-state index in [2.05, 4.69) is 20.2 Å². The number of hydrogen-bond acceptors (Lipinski definition) is 4. The Labute approximate surface area is 94.9 Å². The molecule has 7 heteroatoms. The molecule has 3 N–H and O–H groups in total. The van der Waals surface area contributed by atoms with Crippen LogP contribution in [0.1, 0.15) is 19.8 Å². The van der Waals surface area contributed by atoms with Crippen LogP contribution in [0.25, 0.3) is 0 Å². The molecule has 1 unspecified atom stereocenters. The van der Waals surface area contributed by atoms with Crippen LogP contribution in [0, 0.1) is 0 Å². The van der Waals surface area contributed by atoms with Crippen LogP contribution in [-0.2, 0) is 10.0 Å². The van der Waals surface area contributed by atoms with Gasteiger partial charge in [0.2, 0.25) is 10.0 Å². The summed E-state index contributed by atoms with van der Waals surface area (Å²) in [6.45, 7) is 3.38. The van der Waals surface area contributed by atoms with Gasteiger partial charge in [0.15, 0.2) is 0 Å². The van der Waals surface area contributed by atoms with Crippen molar-refractivity contribution in [2.24, 2.45) is 0 Å². The monoisotopic (exact) mass is 244 g/mol. The third-order valence-corrected chi connectivity index (χ3v) is 4.26. The van der Waals surface area contributed by atoms with E-state index in [4.69, 9.17) is 0 Å². The van der Waals surface area contributed by atoms with Gasteiger partial charge in [-0.05, 0) is 26.3 Å². The maximum Gasteiger partial charge on any atom is 0.243 e. The lowest BCUT2D eigenvalue weighted by Crippen LogP contribution is -2.47. The number of nitrogens with zero attached hydrogens (tertiary/aromatic N) is 1. The van der Waals surface area contributed by atoms with E-state index in [-0.39, 0.29) is 10.4 Å². The van der Waals surface area contributed by atoms with Gasteiger partial charge in [0.1, 0.15) is 4.90 Å². The van der Waals surface area contributed by atoms with E-state index in [1.807, 2.05) is 6.92 Å². The highest BCUT2D eigenvalue weighted by Gasteiger charge is 2.29. The summed E-state index contributed by atoms with van der Waals surface area (Å²) in [7, 11) is -3.43. The minimum atomic E-state index is -3.43. The van der Waals surface area contributed by atoms with Gasteiger partial charge in [-0.25, -0.2) is 13.1 Å². The molecular weight excluding hydrogens is 228 g/mol. The van der Waals surface area contributed by atoms with Gasteiger partial charge in [0.05, 0.1) is 6.20 Å². The number of sulfonamides is 1. The molecule has 1 aromatic heterocycles. The maximum absolute atomic E-state index is 11.8. The fraction of sp³-hybridized carbons (Fsp3) is 0.667. The van der Waals surface area contributed by atoms with Gasteiger partial charge >= 0.3 is 0 Å². The van der Waals surface area contributed by atoms with Crippen molar-refractivity contribution in [1.82, 2.24) is 20.2 Å². The van der Waals surface area contributed by atoms with Gasteiger partial charge in [-0.1, -0.05) is 0 Å². The molecule has 2 rings (SSSR count). The van der Waals surface area contributed by atoms with Crippen molar-refractivity contribution in [3.05, 3.63) is 12.4 Å². The molecule has 0 radical (unpaired) electrons. The Bertz CT molecular complexity index is 434. The SMILES string of the molecule is CC1(CNS(=O)(=O)c2cn[nH]c2)CCCN1. The van der Waals surface area contributed by atoms with Crippen molar-refractivity contribution in [1.29, 1.82) is 0 Å². The predicted octanol–water partition coefficient (Wildman–Crippen LogP) is -0.170. The van der Waals surface area contributed by atoms with Crippen LogP contribution < -0.4 is 10.0 Å². The highest BCUT2D eigenvalue weighted by atomic mass is 32.2. The summed E-state index contributed by atoms with van der Waals surface area (Å²) in [6, 6.07) is 0. The molecule has 0 spiro atoms. The highest BCUT2D eigenvalue weighted by Crippen LogP contribution is 2.18. The van der Waals surface area contributed by atoms with Crippen molar-refractivity contribution < 1.29 is 8.42 Å². The van der Waals surface area contributed by atoms with E-state index in [1.54, 1.807) is 0 Å². The van der Waals surface area contributed by atoms with E-state index in [0.29, 0.717) is 6.54 Å². The van der Waals surface area contributed by atoms with E-state index in [1.165, 1.54) is 12.4 Å². The second-order valence-electron chi connectivity index (χ2n) is 4.35. The van der Waals surface area contributed by atoms with Crippen LogP contribution in [0.15, 0.2) is 17.3 Å². The second-order valence-corrected chi connectivity index (χ2v) is 6.12. The third-order valence-electron chi connectivity index (χ3n) is 2.89. The molecular formula is C9H16N4O2S. The Balaban J connectivity index is 2.00. The Kier molecular flexibility index (Phi) is 3.00. The molecule has 1 saturated heterocycles. The Morgan fingerprint density at radius 3 is 3.00 bits per heavy atom. The van der Waals surface area contributed by atoms with E-state index in [9.17, 15) is 8.42 Å². The van der Waals surface area contributed by atoms with Crippen LogP contribution >= 0.6 is 0 Å². The van der Waals surface area contributed by atoms with Gasteiger partial charge in [-0.2, -0.15) is 5.10 Å².